The third-order valence-corrected chi connectivity index (χ3v) is 2.32. The molecule has 0 bridgehead atoms. The molecule has 0 amide bonds. The summed E-state index contributed by atoms with van der Waals surface area (Å²) in [4.78, 5) is 8.82. The van der Waals surface area contributed by atoms with Crippen molar-refractivity contribution in [1.82, 2.24) is 9.97 Å². The summed E-state index contributed by atoms with van der Waals surface area (Å²) < 4.78 is 0. The first-order valence-corrected chi connectivity index (χ1v) is 4.55. The zero-order valence-electron chi connectivity index (χ0n) is 8.28. The first-order valence-electron chi connectivity index (χ1n) is 4.55. The summed E-state index contributed by atoms with van der Waals surface area (Å²) in [5.41, 5.74) is 4.49. The summed E-state index contributed by atoms with van der Waals surface area (Å²) in [6, 6.07) is 5.63. The van der Waals surface area contributed by atoms with Gasteiger partial charge in [0.2, 0.25) is 0 Å². The van der Waals surface area contributed by atoms with Gasteiger partial charge < -0.3 is 5.11 Å². The van der Waals surface area contributed by atoms with Gasteiger partial charge in [-0.3, -0.25) is 0 Å². The van der Waals surface area contributed by atoms with Crippen molar-refractivity contribution in [2.24, 2.45) is 0 Å². The van der Waals surface area contributed by atoms with Crippen molar-refractivity contribution in [3.63, 3.8) is 0 Å². The van der Waals surface area contributed by atoms with Crippen molar-refractivity contribution in [1.29, 1.82) is 0 Å². The van der Waals surface area contributed by atoms with Gasteiger partial charge in [-0.1, -0.05) is 6.07 Å². The smallest absolute Gasteiger partial charge is 0.0893 e. The van der Waals surface area contributed by atoms with Crippen LogP contribution in [0.25, 0.3) is 11.0 Å². The molecule has 72 valence electrons. The highest BCUT2D eigenvalue weighted by Gasteiger charge is 2.01. The van der Waals surface area contributed by atoms with Gasteiger partial charge in [0.05, 0.1) is 29.0 Å². The molecule has 0 saturated carbocycles. The van der Waals surface area contributed by atoms with Gasteiger partial charge >= 0.3 is 0 Å². The number of hydrogen-bond acceptors (Lipinski definition) is 3. The van der Waals surface area contributed by atoms with Crippen LogP contribution in [0.4, 0.5) is 0 Å². The van der Waals surface area contributed by atoms with Crippen LogP contribution in [0.3, 0.4) is 0 Å². The molecule has 0 radical (unpaired) electrons. The van der Waals surface area contributed by atoms with Crippen molar-refractivity contribution in [3.8, 4) is 0 Å². The molecule has 1 N–H and O–H groups in total. The predicted octanol–water partition coefficient (Wildman–Crippen LogP) is 1.74. The predicted molar refractivity (Wildman–Crippen MR) is 54.9 cm³/mol. The molecule has 2 rings (SSSR count). The average Bonchev–Trinajstić information content (AvgIpc) is 2.19. The summed E-state index contributed by atoms with van der Waals surface area (Å²) in [5, 5.41) is 8.97. The van der Waals surface area contributed by atoms with Crippen LogP contribution in [-0.4, -0.2) is 15.1 Å². The van der Waals surface area contributed by atoms with Crippen molar-refractivity contribution in [2.75, 3.05) is 0 Å². The summed E-state index contributed by atoms with van der Waals surface area (Å²) in [5.74, 6) is 0. The Morgan fingerprint density at radius 2 is 1.71 bits per heavy atom. The van der Waals surface area contributed by atoms with Crippen LogP contribution in [0.5, 0.6) is 0 Å². The largest absolute Gasteiger partial charge is 0.392 e. The zero-order chi connectivity index (χ0) is 10.1. The van der Waals surface area contributed by atoms with Crippen molar-refractivity contribution < 1.29 is 5.11 Å². The monoisotopic (exact) mass is 188 g/mol. The molecule has 0 aliphatic rings. The van der Waals surface area contributed by atoms with Crippen LogP contribution >= 0.6 is 0 Å². The normalized spacial score (nSPS) is 10.8. The fourth-order valence-electron chi connectivity index (χ4n) is 1.37. The minimum atomic E-state index is 0.0462. The van der Waals surface area contributed by atoms with Crippen molar-refractivity contribution in [3.05, 3.63) is 35.2 Å². The molecule has 1 aromatic heterocycles. The van der Waals surface area contributed by atoms with Crippen LogP contribution in [0.15, 0.2) is 18.2 Å². The molecule has 1 heterocycles. The molecule has 14 heavy (non-hydrogen) atoms. The lowest BCUT2D eigenvalue weighted by Gasteiger charge is -2.03. The third-order valence-electron chi connectivity index (χ3n) is 2.32. The summed E-state index contributed by atoms with van der Waals surface area (Å²) in [6.07, 6.45) is 0. The van der Waals surface area contributed by atoms with E-state index in [0.717, 1.165) is 28.0 Å². The Hall–Kier alpha value is -1.48. The van der Waals surface area contributed by atoms with E-state index in [0.29, 0.717) is 0 Å². The lowest BCUT2D eigenvalue weighted by molar-refractivity contribution is 0.282. The second-order valence-electron chi connectivity index (χ2n) is 3.38. The first kappa shape index (κ1) is 9.09. The van der Waals surface area contributed by atoms with Crippen LogP contribution in [-0.2, 0) is 6.61 Å². The topological polar surface area (TPSA) is 46.0 Å². The van der Waals surface area contributed by atoms with Gasteiger partial charge in [0.15, 0.2) is 0 Å². The van der Waals surface area contributed by atoms with E-state index in [1.54, 1.807) is 0 Å². The Morgan fingerprint density at radius 3 is 2.36 bits per heavy atom. The zero-order valence-corrected chi connectivity index (χ0v) is 8.28. The lowest BCUT2D eigenvalue weighted by atomic mass is 10.2. The number of fused-ring (bicyclic) bond motifs is 1. The highest BCUT2D eigenvalue weighted by molar-refractivity contribution is 5.75. The van der Waals surface area contributed by atoms with E-state index in [1.165, 1.54) is 0 Å². The Bertz CT molecular complexity index is 480. The molecule has 0 aliphatic heterocycles. The minimum Gasteiger partial charge on any atom is -0.392 e. The van der Waals surface area contributed by atoms with E-state index < -0.39 is 0 Å². The van der Waals surface area contributed by atoms with E-state index in [9.17, 15) is 0 Å². The molecule has 3 nitrogen and oxygen atoms in total. The third kappa shape index (κ3) is 1.46. The first-order chi connectivity index (χ1) is 6.70. The standard InChI is InChI=1S/C11H12N2O/c1-7-8(2)13-11-5-9(6-14)3-4-10(11)12-7/h3-5,14H,6H2,1-2H3. The molecule has 3 heteroatoms. The molecule has 0 aliphatic carbocycles. The van der Waals surface area contributed by atoms with Gasteiger partial charge in [0.25, 0.3) is 0 Å². The molecule has 0 unspecified atom stereocenters. The maximum absolute atomic E-state index is 8.97. The van der Waals surface area contributed by atoms with Gasteiger partial charge in [0.1, 0.15) is 0 Å². The lowest BCUT2D eigenvalue weighted by Crippen LogP contribution is -1.94. The van der Waals surface area contributed by atoms with Crippen LogP contribution in [0.2, 0.25) is 0 Å². The highest BCUT2D eigenvalue weighted by Crippen LogP contribution is 2.14. The number of nitrogens with zero attached hydrogens (tertiary/aromatic N) is 2. The molecule has 0 spiro atoms. The van der Waals surface area contributed by atoms with E-state index in [4.69, 9.17) is 5.11 Å². The van der Waals surface area contributed by atoms with E-state index in [1.807, 2.05) is 32.0 Å². The van der Waals surface area contributed by atoms with Crippen LogP contribution in [0.1, 0.15) is 17.0 Å². The van der Waals surface area contributed by atoms with Crippen molar-refractivity contribution >= 4 is 11.0 Å². The Kier molecular flexibility index (Phi) is 2.17. The maximum atomic E-state index is 8.97. The van der Waals surface area contributed by atoms with Crippen molar-refractivity contribution in [2.45, 2.75) is 20.5 Å². The molecule has 0 saturated heterocycles. The van der Waals surface area contributed by atoms with Gasteiger partial charge in [-0.25, -0.2) is 9.97 Å². The molecular weight excluding hydrogens is 176 g/mol. The number of hydrogen-bond donors (Lipinski definition) is 1. The minimum absolute atomic E-state index is 0.0462. The molecule has 0 fully saturated rings. The summed E-state index contributed by atoms with van der Waals surface area (Å²) >= 11 is 0. The average molecular weight is 188 g/mol. The number of aliphatic hydroxyl groups excluding tert-OH is 1. The molecule has 1 aromatic carbocycles. The van der Waals surface area contributed by atoms with Crippen LogP contribution < -0.4 is 0 Å². The second kappa shape index (κ2) is 3.35. The van der Waals surface area contributed by atoms with Crippen LogP contribution in [0, 0.1) is 13.8 Å². The van der Waals surface area contributed by atoms with Gasteiger partial charge in [-0.15, -0.1) is 0 Å². The molecule has 0 atom stereocenters. The SMILES string of the molecule is Cc1nc2ccc(CO)cc2nc1C. The number of aromatic nitrogens is 2. The Balaban J connectivity index is 2.70. The van der Waals surface area contributed by atoms with Gasteiger partial charge in [-0.2, -0.15) is 0 Å². The second-order valence-corrected chi connectivity index (χ2v) is 3.38. The summed E-state index contributed by atoms with van der Waals surface area (Å²) in [6.45, 7) is 3.93. The molecular formula is C11H12N2O. The highest BCUT2D eigenvalue weighted by atomic mass is 16.3. The summed E-state index contributed by atoms with van der Waals surface area (Å²) in [7, 11) is 0. The van der Waals surface area contributed by atoms with E-state index in [2.05, 4.69) is 9.97 Å². The fourth-order valence-corrected chi connectivity index (χ4v) is 1.37. The number of aryl methyl sites for hydroxylation is 2. The number of aliphatic hydroxyl groups is 1. The van der Waals surface area contributed by atoms with E-state index in [-0.39, 0.29) is 6.61 Å². The Labute approximate surface area is 82.4 Å². The fraction of sp³-hybridized carbons (Fsp3) is 0.273. The molecule has 2 aromatic rings. The van der Waals surface area contributed by atoms with E-state index >= 15 is 0 Å². The van der Waals surface area contributed by atoms with Gasteiger partial charge in [-0.05, 0) is 31.5 Å². The number of benzene rings is 1. The maximum Gasteiger partial charge on any atom is 0.0893 e. The van der Waals surface area contributed by atoms with Gasteiger partial charge in [0, 0.05) is 0 Å². The number of rotatable bonds is 1. The quantitative estimate of drug-likeness (QED) is 0.741. The Morgan fingerprint density at radius 1 is 1.07 bits per heavy atom.